The molecule has 0 rings (SSSR count). The lowest BCUT2D eigenvalue weighted by molar-refractivity contribution is 0.399. The molecule has 0 unspecified atom stereocenters. The highest BCUT2D eigenvalue weighted by Crippen LogP contribution is 1.88. The molecule has 0 heterocycles. The monoisotopic (exact) mass is 104 g/mol. The molecule has 0 aromatic heterocycles. The van der Waals surface area contributed by atoms with E-state index < -0.39 is 0 Å². The molecule has 0 aliphatic carbocycles. The van der Waals surface area contributed by atoms with Crippen molar-refractivity contribution in [2.24, 2.45) is 0 Å². The first-order chi connectivity index (χ1) is 3.41. The number of aliphatic hydroxyl groups excluding tert-OH is 1. The zero-order valence-corrected chi connectivity index (χ0v) is 5.57. The van der Waals surface area contributed by atoms with Crippen molar-refractivity contribution in [2.75, 3.05) is 7.11 Å². The molecule has 0 aliphatic rings. The summed E-state index contributed by atoms with van der Waals surface area (Å²) in [6.45, 7) is 4.42. The number of unbranched alkanes of at least 4 members (excludes halogenated alkanes) is 2. The van der Waals surface area contributed by atoms with Gasteiger partial charge in [-0.1, -0.05) is 33.1 Å². The van der Waals surface area contributed by atoms with E-state index in [9.17, 15) is 0 Å². The number of rotatable bonds is 2. The van der Waals surface area contributed by atoms with Gasteiger partial charge in [-0.2, -0.15) is 0 Å². The molecule has 1 N–H and O–H groups in total. The Morgan fingerprint density at radius 1 is 1.00 bits per heavy atom. The summed E-state index contributed by atoms with van der Waals surface area (Å²) in [7, 11) is 1.00. The van der Waals surface area contributed by atoms with E-state index in [-0.39, 0.29) is 0 Å². The second-order valence-electron chi connectivity index (χ2n) is 1.35. The van der Waals surface area contributed by atoms with Crippen LogP contribution in [0.3, 0.4) is 0 Å². The minimum Gasteiger partial charge on any atom is -0.400 e. The van der Waals surface area contributed by atoms with Crippen LogP contribution in [0, 0.1) is 0 Å². The van der Waals surface area contributed by atoms with Crippen molar-refractivity contribution in [1.29, 1.82) is 0 Å². The van der Waals surface area contributed by atoms with Gasteiger partial charge in [0, 0.05) is 7.11 Å². The van der Waals surface area contributed by atoms with Crippen LogP contribution < -0.4 is 0 Å². The van der Waals surface area contributed by atoms with Gasteiger partial charge in [0.1, 0.15) is 0 Å². The molecule has 0 radical (unpaired) electrons. The van der Waals surface area contributed by atoms with E-state index in [1.165, 1.54) is 19.3 Å². The Labute approximate surface area is 46.4 Å². The molecular weight excluding hydrogens is 88.1 g/mol. The van der Waals surface area contributed by atoms with Gasteiger partial charge in [-0.25, -0.2) is 0 Å². The summed E-state index contributed by atoms with van der Waals surface area (Å²) in [5.41, 5.74) is 0. The van der Waals surface area contributed by atoms with Gasteiger partial charge < -0.3 is 5.11 Å². The highest BCUT2D eigenvalue weighted by molar-refractivity contribution is 4.24. The molecule has 0 aromatic rings. The molecule has 0 saturated heterocycles. The maximum Gasteiger partial charge on any atom is 0.0319 e. The van der Waals surface area contributed by atoms with E-state index in [1.807, 2.05) is 0 Å². The second-order valence-corrected chi connectivity index (χ2v) is 1.35. The molecule has 46 valence electrons. The van der Waals surface area contributed by atoms with Crippen LogP contribution in [0.25, 0.3) is 0 Å². The summed E-state index contributed by atoms with van der Waals surface area (Å²) in [5, 5.41) is 7.00. The molecule has 7 heavy (non-hydrogen) atoms. The Balaban J connectivity index is 0. The first-order valence-electron chi connectivity index (χ1n) is 2.86. The topological polar surface area (TPSA) is 20.2 Å². The third-order valence-electron chi connectivity index (χ3n) is 0.707. The van der Waals surface area contributed by atoms with Gasteiger partial charge in [0.25, 0.3) is 0 Å². The molecule has 0 atom stereocenters. The molecule has 0 aromatic carbocycles. The highest BCUT2D eigenvalue weighted by atomic mass is 16.2. The summed E-state index contributed by atoms with van der Waals surface area (Å²) in [4.78, 5) is 0. The predicted octanol–water partition coefficient (Wildman–Crippen LogP) is 1.81. The van der Waals surface area contributed by atoms with Crippen LogP contribution >= 0.6 is 0 Å². The molecular formula is C6H16O. The van der Waals surface area contributed by atoms with Gasteiger partial charge in [0.05, 0.1) is 0 Å². The minimum absolute atomic E-state index is 1.00. The van der Waals surface area contributed by atoms with E-state index >= 15 is 0 Å². The van der Waals surface area contributed by atoms with Gasteiger partial charge in [-0.05, 0) is 0 Å². The quantitative estimate of drug-likeness (QED) is 0.566. The van der Waals surface area contributed by atoms with Gasteiger partial charge in [-0.15, -0.1) is 0 Å². The van der Waals surface area contributed by atoms with Gasteiger partial charge in [0.15, 0.2) is 0 Å². The summed E-state index contributed by atoms with van der Waals surface area (Å²) >= 11 is 0. The molecule has 0 bridgehead atoms. The summed E-state index contributed by atoms with van der Waals surface area (Å²) in [6, 6.07) is 0. The molecule has 0 spiro atoms. The van der Waals surface area contributed by atoms with Crippen LogP contribution in [0.1, 0.15) is 33.1 Å². The van der Waals surface area contributed by atoms with Crippen molar-refractivity contribution in [1.82, 2.24) is 0 Å². The molecule has 0 amide bonds. The van der Waals surface area contributed by atoms with Crippen molar-refractivity contribution in [2.45, 2.75) is 33.1 Å². The van der Waals surface area contributed by atoms with Crippen LogP contribution in [-0.2, 0) is 0 Å². The third-order valence-corrected chi connectivity index (χ3v) is 0.707. The van der Waals surface area contributed by atoms with E-state index in [2.05, 4.69) is 13.8 Å². The first-order valence-corrected chi connectivity index (χ1v) is 2.86. The van der Waals surface area contributed by atoms with Crippen LogP contribution in [0.5, 0.6) is 0 Å². The van der Waals surface area contributed by atoms with Gasteiger partial charge in [0.2, 0.25) is 0 Å². The van der Waals surface area contributed by atoms with E-state index in [4.69, 9.17) is 5.11 Å². The molecule has 0 fully saturated rings. The average Bonchev–Trinajstić information content (AvgIpc) is 1.75. The third kappa shape index (κ3) is 24.3. The summed E-state index contributed by atoms with van der Waals surface area (Å²) < 4.78 is 0. The summed E-state index contributed by atoms with van der Waals surface area (Å²) in [6.07, 6.45) is 4.08. The molecule has 0 saturated carbocycles. The van der Waals surface area contributed by atoms with Crippen molar-refractivity contribution in [3.8, 4) is 0 Å². The zero-order valence-electron chi connectivity index (χ0n) is 5.57. The molecule has 0 aliphatic heterocycles. The van der Waals surface area contributed by atoms with E-state index in [1.54, 1.807) is 0 Å². The Bertz CT molecular complexity index is 11.7. The normalized spacial score (nSPS) is 6.86. The Morgan fingerprint density at radius 2 is 1.29 bits per heavy atom. The lowest BCUT2D eigenvalue weighted by atomic mass is 10.3. The molecule has 1 heteroatoms. The fourth-order valence-corrected chi connectivity index (χ4v) is 0.354. The molecule has 1 nitrogen and oxygen atoms in total. The Hall–Kier alpha value is -0.0400. The second kappa shape index (κ2) is 16.7. The summed E-state index contributed by atoms with van der Waals surface area (Å²) in [5.74, 6) is 0. The zero-order chi connectivity index (χ0) is 6.12. The standard InChI is InChI=1S/C5H12.CH4O/c1-3-5-4-2;1-2/h3-5H2,1-2H3;2H,1H3. The fraction of sp³-hybridized carbons (Fsp3) is 1.00. The van der Waals surface area contributed by atoms with E-state index in [0.717, 1.165) is 7.11 Å². The smallest absolute Gasteiger partial charge is 0.0319 e. The fourth-order valence-electron chi connectivity index (χ4n) is 0.354. The van der Waals surface area contributed by atoms with Crippen molar-refractivity contribution in [3.05, 3.63) is 0 Å². The number of aliphatic hydroxyl groups is 1. The van der Waals surface area contributed by atoms with Crippen molar-refractivity contribution in [3.63, 3.8) is 0 Å². The Kier molecular flexibility index (Phi) is 24.0. The van der Waals surface area contributed by atoms with Gasteiger partial charge >= 0.3 is 0 Å². The van der Waals surface area contributed by atoms with Crippen molar-refractivity contribution < 1.29 is 5.11 Å². The number of hydrogen-bond acceptors (Lipinski definition) is 1. The maximum atomic E-state index is 7.00. The largest absolute Gasteiger partial charge is 0.400 e. The van der Waals surface area contributed by atoms with Crippen LogP contribution in [0.15, 0.2) is 0 Å². The first kappa shape index (κ1) is 10.0. The maximum absolute atomic E-state index is 7.00. The highest BCUT2D eigenvalue weighted by Gasteiger charge is 1.68. The lowest BCUT2D eigenvalue weighted by Gasteiger charge is -1.79. The average molecular weight is 104 g/mol. The van der Waals surface area contributed by atoms with Crippen LogP contribution in [-0.4, -0.2) is 12.2 Å². The van der Waals surface area contributed by atoms with Crippen LogP contribution in [0.4, 0.5) is 0 Å². The minimum atomic E-state index is 1.00. The SMILES string of the molecule is CCCCC.CO. The lowest BCUT2D eigenvalue weighted by Crippen LogP contribution is -1.59. The predicted molar refractivity (Wildman–Crippen MR) is 33.3 cm³/mol. The van der Waals surface area contributed by atoms with Crippen LogP contribution in [0.2, 0.25) is 0 Å². The number of hydrogen-bond donors (Lipinski definition) is 1. The Morgan fingerprint density at radius 3 is 1.29 bits per heavy atom. The van der Waals surface area contributed by atoms with E-state index in [0.29, 0.717) is 0 Å². The van der Waals surface area contributed by atoms with Gasteiger partial charge in [-0.3, -0.25) is 0 Å². The van der Waals surface area contributed by atoms with Crippen molar-refractivity contribution >= 4 is 0 Å².